The van der Waals surface area contributed by atoms with Gasteiger partial charge in [0.15, 0.2) is 5.78 Å². The zero-order chi connectivity index (χ0) is 13.9. The third-order valence-electron chi connectivity index (χ3n) is 3.28. The number of carbonyl (C=O) groups is 1. The maximum Gasteiger partial charge on any atom is 0.187 e. The van der Waals surface area contributed by atoms with Gasteiger partial charge in [-0.25, -0.2) is 4.98 Å². The second-order valence-corrected chi connectivity index (χ2v) is 4.76. The van der Waals surface area contributed by atoms with E-state index in [0.717, 1.165) is 22.2 Å². The van der Waals surface area contributed by atoms with Gasteiger partial charge in [0.25, 0.3) is 0 Å². The molecule has 2 aromatic heterocycles. The number of hydrogen-bond acceptors (Lipinski definition) is 3. The maximum absolute atomic E-state index is 12.3. The van der Waals surface area contributed by atoms with Gasteiger partial charge in [0.1, 0.15) is 5.69 Å². The number of rotatable bonds is 3. The molecule has 3 rings (SSSR count). The number of carbonyl (C=O) groups excluding carboxylic acids is 1. The van der Waals surface area contributed by atoms with Gasteiger partial charge in [0.05, 0.1) is 11.9 Å². The summed E-state index contributed by atoms with van der Waals surface area (Å²) in [5, 5.41) is 1.09. The quantitative estimate of drug-likeness (QED) is 0.680. The van der Waals surface area contributed by atoms with Gasteiger partial charge in [0.2, 0.25) is 0 Å². The number of ketones is 1. The number of benzene rings is 1. The number of pyridine rings is 2. The van der Waals surface area contributed by atoms with E-state index in [1.807, 2.05) is 55.5 Å². The first-order chi connectivity index (χ1) is 9.74. The molecule has 0 aliphatic heterocycles. The molecule has 0 bridgehead atoms. The van der Waals surface area contributed by atoms with Crippen LogP contribution in [0.5, 0.6) is 0 Å². The number of hydrogen-bond donors (Lipinski definition) is 0. The van der Waals surface area contributed by atoms with E-state index in [0.29, 0.717) is 5.69 Å². The summed E-state index contributed by atoms with van der Waals surface area (Å²) >= 11 is 0. The molecule has 2 heterocycles. The molecule has 0 unspecified atom stereocenters. The van der Waals surface area contributed by atoms with Gasteiger partial charge in [-0.15, -0.1) is 0 Å². The van der Waals surface area contributed by atoms with Gasteiger partial charge in [-0.1, -0.05) is 24.3 Å². The van der Waals surface area contributed by atoms with Crippen LogP contribution in [-0.4, -0.2) is 15.8 Å². The molecular weight excluding hydrogens is 248 g/mol. The predicted octanol–water partition coefficient (Wildman–Crippen LogP) is 3.36. The van der Waals surface area contributed by atoms with Crippen LogP contribution in [0, 0.1) is 6.92 Å². The van der Waals surface area contributed by atoms with E-state index in [4.69, 9.17) is 0 Å². The van der Waals surface area contributed by atoms with E-state index < -0.39 is 0 Å². The molecule has 0 aliphatic rings. The van der Waals surface area contributed by atoms with Crippen molar-refractivity contribution in [3.8, 4) is 0 Å². The average molecular weight is 262 g/mol. The standard InChI is InChI=1S/C17H14N2O/c1-12-10-16(19-15-8-3-2-7-14(12)15)17(20)11-13-6-4-5-9-18-13/h2-10H,11H2,1H3. The molecule has 0 N–H and O–H groups in total. The highest BCUT2D eigenvalue weighted by Crippen LogP contribution is 2.18. The summed E-state index contributed by atoms with van der Waals surface area (Å²) in [4.78, 5) is 20.9. The van der Waals surface area contributed by atoms with E-state index in [-0.39, 0.29) is 12.2 Å². The van der Waals surface area contributed by atoms with Crippen molar-refractivity contribution in [2.24, 2.45) is 0 Å². The Morgan fingerprint density at radius 1 is 1.10 bits per heavy atom. The summed E-state index contributed by atoms with van der Waals surface area (Å²) in [6, 6.07) is 15.3. The van der Waals surface area contributed by atoms with Gasteiger partial charge in [0, 0.05) is 17.3 Å². The highest BCUT2D eigenvalue weighted by atomic mass is 16.1. The Morgan fingerprint density at radius 3 is 2.70 bits per heavy atom. The van der Waals surface area contributed by atoms with E-state index in [1.165, 1.54) is 0 Å². The minimum atomic E-state index is -0.00227. The van der Waals surface area contributed by atoms with Crippen molar-refractivity contribution in [3.05, 3.63) is 71.7 Å². The van der Waals surface area contributed by atoms with Crippen LogP contribution < -0.4 is 0 Å². The maximum atomic E-state index is 12.3. The number of nitrogens with zero attached hydrogens (tertiary/aromatic N) is 2. The third kappa shape index (κ3) is 2.43. The van der Waals surface area contributed by atoms with Crippen LogP contribution in [0.15, 0.2) is 54.7 Å². The van der Waals surface area contributed by atoms with Gasteiger partial charge < -0.3 is 0 Å². The number of para-hydroxylation sites is 1. The molecule has 0 spiro atoms. The highest BCUT2D eigenvalue weighted by molar-refractivity contribution is 5.98. The number of Topliss-reactive ketones (excluding diaryl/α,β-unsaturated/α-hetero) is 1. The van der Waals surface area contributed by atoms with Crippen LogP contribution in [0.3, 0.4) is 0 Å². The Balaban J connectivity index is 1.96. The van der Waals surface area contributed by atoms with Crippen molar-refractivity contribution in [3.63, 3.8) is 0 Å². The van der Waals surface area contributed by atoms with Crippen LogP contribution in [-0.2, 0) is 6.42 Å². The molecule has 3 aromatic rings. The van der Waals surface area contributed by atoms with Crippen molar-refractivity contribution in [2.75, 3.05) is 0 Å². The normalized spacial score (nSPS) is 10.7. The van der Waals surface area contributed by atoms with E-state index in [9.17, 15) is 4.79 Å². The zero-order valence-corrected chi connectivity index (χ0v) is 11.2. The first-order valence-corrected chi connectivity index (χ1v) is 6.53. The van der Waals surface area contributed by atoms with E-state index in [2.05, 4.69) is 9.97 Å². The van der Waals surface area contributed by atoms with Gasteiger partial charge >= 0.3 is 0 Å². The molecule has 0 fully saturated rings. The largest absolute Gasteiger partial charge is 0.292 e. The summed E-state index contributed by atoms with van der Waals surface area (Å²) in [6.45, 7) is 2.00. The van der Waals surface area contributed by atoms with E-state index in [1.54, 1.807) is 6.20 Å². The molecule has 0 aliphatic carbocycles. The fourth-order valence-electron chi connectivity index (χ4n) is 2.25. The Kier molecular flexibility index (Phi) is 3.25. The molecule has 1 aromatic carbocycles. The van der Waals surface area contributed by atoms with Crippen molar-refractivity contribution >= 4 is 16.7 Å². The lowest BCUT2D eigenvalue weighted by Crippen LogP contribution is -2.07. The van der Waals surface area contributed by atoms with Crippen LogP contribution in [0.2, 0.25) is 0 Å². The van der Waals surface area contributed by atoms with Gasteiger partial charge in [-0.05, 0) is 36.8 Å². The highest BCUT2D eigenvalue weighted by Gasteiger charge is 2.11. The second-order valence-electron chi connectivity index (χ2n) is 4.76. The molecule has 0 atom stereocenters. The van der Waals surface area contributed by atoms with Crippen molar-refractivity contribution in [2.45, 2.75) is 13.3 Å². The topological polar surface area (TPSA) is 42.9 Å². The van der Waals surface area contributed by atoms with Crippen molar-refractivity contribution < 1.29 is 4.79 Å². The smallest absolute Gasteiger partial charge is 0.187 e. The van der Waals surface area contributed by atoms with Crippen LogP contribution in [0.1, 0.15) is 21.7 Å². The Hall–Kier alpha value is -2.55. The fraction of sp³-hybridized carbons (Fsp3) is 0.118. The van der Waals surface area contributed by atoms with Crippen molar-refractivity contribution in [1.29, 1.82) is 0 Å². The molecular formula is C17H14N2O. The number of aromatic nitrogens is 2. The average Bonchev–Trinajstić information content (AvgIpc) is 2.48. The first kappa shape index (κ1) is 12.5. The molecule has 3 heteroatoms. The lowest BCUT2D eigenvalue weighted by atomic mass is 10.1. The molecule has 0 saturated heterocycles. The van der Waals surface area contributed by atoms with Gasteiger partial charge in [-0.3, -0.25) is 9.78 Å². The van der Waals surface area contributed by atoms with Crippen LogP contribution in [0.25, 0.3) is 10.9 Å². The number of aryl methyl sites for hydroxylation is 1. The van der Waals surface area contributed by atoms with Crippen molar-refractivity contribution in [1.82, 2.24) is 9.97 Å². The van der Waals surface area contributed by atoms with Crippen LogP contribution >= 0.6 is 0 Å². The Bertz CT molecular complexity index is 766. The van der Waals surface area contributed by atoms with Gasteiger partial charge in [-0.2, -0.15) is 0 Å². The predicted molar refractivity (Wildman–Crippen MR) is 78.8 cm³/mol. The summed E-state index contributed by atoms with van der Waals surface area (Å²) < 4.78 is 0. The Labute approximate surface area is 117 Å². The number of fused-ring (bicyclic) bond motifs is 1. The second kappa shape index (κ2) is 5.21. The molecule has 20 heavy (non-hydrogen) atoms. The first-order valence-electron chi connectivity index (χ1n) is 6.53. The fourth-order valence-corrected chi connectivity index (χ4v) is 2.25. The molecule has 0 saturated carbocycles. The molecule has 0 radical (unpaired) electrons. The third-order valence-corrected chi connectivity index (χ3v) is 3.28. The monoisotopic (exact) mass is 262 g/mol. The summed E-state index contributed by atoms with van der Waals surface area (Å²) in [7, 11) is 0. The SMILES string of the molecule is Cc1cc(C(=O)Cc2ccccn2)nc2ccccc12. The minimum absolute atomic E-state index is 0.00227. The summed E-state index contributed by atoms with van der Waals surface area (Å²) in [5.74, 6) is -0.00227. The zero-order valence-electron chi connectivity index (χ0n) is 11.2. The summed E-state index contributed by atoms with van der Waals surface area (Å²) in [5.41, 5.74) is 3.20. The lowest BCUT2D eigenvalue weighted by Gasteiger charge is -2.05. The Morgan fingerprint density at radius 2 is 1.90 bits per heavy atom. The lowest BCUT2D eigenvalue weighted by molar-refractivity contribution is 0.0987. The minimum Gasteiger partial charge on any atom is -0.292 e. The molecule has 3 nitrogen and oxygen atoms in total. The van der Waals surface area contributed by atoms with Crippen LogP contribution in [0.4, 0.5) is 0 Å². The summed E-state index contributed by atoms with van der Waals surface area (Å²) in [6.07, 6.45) is 1.98. The molecule has 98 valence electrons. The van der Waals surface area contributed by atoms with E-state index >= 15 is 0 Å². The molecule has 0 amide bonds.